The lowest BCUT2D eigenvalue weighted by atomic mass is 10.1. The topological polar surface area (TPSA) is 93.7 Å². The van der Waals surface area contributed by atoms with Crippen LogP contribution >= 0.6 is 0 Å². The molecule has 2 N–H and O–H groups in total. The number of benzene rings is 2. The second-order valence-electron chi connectivity index (χ2n) is 8.08. The average Bonchev–Trinajstić information content (AvgIpc) is 2.65. The lowest BCUT2D eigenvalue weighted by Crippen LogP contribution is -2.40. The Hall–Kier alpha value is -2.79. The van der Waals surface area contributed by atoms with Crippen molar-refractivity contribution >= 4 is 21.6 Å². The van der Waals surface area contributed by atoms with Crippen molar-refractivity contribution in [1.29, 1.82) is 0 Å². The van der Waals surface area contributed by atoms with Crippen LogP contribution in [0.25, 0.3) is 0 Å². The average molecular weight is 475 g/mol. The zero-order valence-corrected chi connectivity index (χ0v) is 19.1. The lowest BCUT2D eigenvalue weighted by molar-refractivity contribution is -0.153. The number of amides is 1. The number of rotatable bonds is 7. The first-order chi connectivity index (χ1) is 14.6. The highest BCUT2D eigenvalue weighted by molar-refractivity contribution is 7.89. The summed E-state index contributed by atoms with van der Waals surface area (Å²) in [5.74, 6) is -0.866. The maximum Gasteiger partial charge on any atom is 0.422 e. The maximum atomic E-state index is 12.8. The Labute approximate surface area is 185 Å². The third-order valence-corrected chi connectivity index (χ3v) is 5.71. The van der Waals surface area contributed by atoms with Crippen molar-refractivity contribution in [2.24, 2.45) is 0 Å². The van der Waals surface area contributed by atoms with Crippen LogP contribution in [0.3, 0.4) is 0 Å². The number of nitrogens with one attached hydrogen (secondary N) is 2. The van der Waals surface area contributed by atoms with Gasteiger partial charge in [0.05, 0.1) is 12.8 Å². The molecule has 0 aliphatic carbocycles. The van der Waals surface area contributed by atoms with E-state index >= 15 is 0 Å². The number of alkyl halides is 3. The van der Waals surface area contributed by atoms with Crippen molar-refractivity contribution in [1.82, 2.24) is 4.72 Å². The standard InChI is InChI=1S/C21H25F3N2O5S/c1-13-6-8-15(17(10-13)31-12-21(22,23)24)25-19(27)14-7-9-16(30-5)18(11-14)32(28,29)26-20(2,3)4/h6-11,26H,12H2,1-5H3,(H,25,27). The SMILES string of the molecule is COc1ccc(C(=O)Nc2ccc(C)cc2OCC(F)(F)F)cc1S(=O)(=O)NC(C)(C)C. The minimum atomic E-state index is -4.55. The minimum Gasteiger partial charge on any atom is -0.495 e. The van der Waals surface area contributed by atoms with Gasteiger partial charge >= 0.3 is 6.18 Å². The summed E-state index contributed by atoms with van der Waals surface area (Å²) in [5.41, 5.74) is -0.180. The van der Waals surface area contributed by atoms with Crippen molar-refractivity contribution in [3.63, 3.8) is 0 Å². The summed E-state index contributed by atoms with van der Waals surface area (Å²) in [5, 5.41) is 2.47. The van der Waals surface area contributed by atoms with Crippen molar-refractivity contribution in [2.45, 2.75) is 44.3 Å². The highest BCUT2D eigenvalue weighted by atomic mass is 32.2. The van der Waals surface area contributed by atoms with Gasteiger partial charge in [-0.25, -0.2) is 13.1 Å². The summed E-state index contributed by atoms with van der Waals surface area (Å²) >= 11 is 0. The number of methoxy groups -OCH3 is 1. The van der Waals surface area contributed by atoms with E-state index in [1.54, 1.807) is 33.8 Å². The minimum absolute atomic E-state index is 0.0119. The van der Waals surface area contributed by atoms with Gasteiger partial charge in [-0.15, -0.1) is 0 Å². The van der Waals surface area contributed by atoms with E-state index in [2.05, 4.69) is 10.0 Å². The van der Waals surface area contributed by atoms with Crippen LogP contribution in [0, 0.1) is 6.92 Å². The molecule has 1 amide bonds. The van der Waals surface area contributed by atoms with E-state index in [0.29, 0.717) is 5.56 Å². The molecule has 11 heteroatoms. The molecular formula is C21H25F3N2O5S. The molecule has 7 nitrogen and oxygen atoms in total. The van der Waals surface area contributed by atoms with E-state index in [0.717, 1.165) is 6.07 Å². The van der Waals surface area contributed by atoms with Gasteiger partial charge in [-0.05, 0) is 63.6 Å². The molecule has 0 aliphatic rings. The van der Waals surface area contributed by atoms with E-state index in [1.165, 1.54) is 31.4 Å². The molecule has 0 saturated carbocycles. The Morgan fingerprint density at radius 1 is 1.03 bits per heavy atom. The van der Waals surface area contributed by atoms with Crippen LogP contribution in [-0.2, 0) is 10.0 Å². The monoisotopic (exact) mass is 474 g/mol. The quantitative estimate of drug-likeness (QED) is 0.625. The predicted octanol–water partition coefficient (Wildman–Crippen LogP) is 4.27. The molecule has 32 heavy (non-hydrogen) atoms. The van der Waals surface area contributed by atoms with Gasteiger partial charge in [-0.2, -0.15) is 13.2 Å². The summed E-state index contributed by atoms with van der Waals surface area (Å²) in [6, 6.07) is 8.15. The number of sulfonamides is 1. The molecule has 0 spiro atoms. The van der Waals surface area contributed by atoms with Crippen LogP contribution in [0.15, 0.2) is 41.3 Å². The van der Waals surface area contributed by atoms with Gasteiger partial charge < -0.3 is 14.8 Å². The first-order valence-corrected chi connectivity index (χ1v) is 10.9. The van der Waals surface area contributed by atoms with Crippen LogP contribution in [0.1, 0.15) is 36.7 Å². The smallest absolute Gasteiger partial charge is 0.422 e. The van der Waals surface area contributed by atoms with Crippen LogP contribution in [0.4, 0.5) is 18.9 Å². The first kappa shape index (κ1) is 25.5. The van der Waals surface area contributed by atoms with Crippen LogP contribution in [-0.4, -0.2) is 39.8 Å². The largest absolute Gasteiger partial charge is 0.495 e. The third kappa shape index (κ3) is 7.13. The molecule has 2 rings (SSSR count). The molecule has 0 atom stereocenters. The van der Waals surface area contributed by atoms with Gasteiger partial charge in [0.15, 0.2) is 6.61 Å². The van der Waals surface area contributed by atoms with Crippen LogP contribution in [0.2, 0.25) is 0 Å². The Bertz CT molecular complexity index is 1090. The molecule has 2 aromatic rings. The van der Waals surface area contributed by atoms with Gasteiger partial charge in [0.2, 0.25) is 10.0 Å². The summed E-state index contributed by atoms with van der Waals surface area (Å²) < 4.78 is 75.7. The van der Waals surface area contributed by atoms with Gasteiger partial charge in [0.1, 0.15) is 16.4 Å². The van der Waals surface area contributed by atoms with E-state index < -0.39 is 34.3 Å². The van der Waals surface area contributed by atoms with Crippen LogP contribution in [0.5, 0.6) is 11.5 Å². The summed E-state index contributed by atoms with van der Waals surface area (Å²) in [4.78, 5) is 12.5. The second-order valence-corrected chi connectivity index (χ2v) is 9.73. The fraction of sp³-hybridized carbons (Fsp3) is 0.381. The number of anilines is 1. The van der Waals surface area contributed by atoms with E-state index in [-0.39, 0.29) is 27.6 Å². The molecule has 0 bridgehead atoms. The lowest BCUT2D eigenvalue weighted by Gasteiger charge is -2.21. The fourth-order valence-electron chi connectivity index (χ4n) is 2.69. The first-order valence-electron chi connectivity index (χ1n) is 9.45. The molecule has 0 aromatic heterocycles. The van der Waals surface area contributed by atoms with E-state index in [4.69, 9.17) is 9.47 Å². The number of carbonyl (C=O) groups excluding carboxylic acids is 1. The van der Waals surface area contributed by atoms with Crippen molar-refractivity contribution in [2.75, 3.05) is 19.0 Å². The molecule has 0 radical (unpaired) electrons. The van der Waals surface area contributed by atoms with E-state index in [9.17, 15) is 26.4 Å². The molecule has 0 aliphatic heterocycles. The Morgan fingerprint density at radius 3 is 2.25 bits per heavy atom. The molecule has 0 fully saturated rings. The summed E-state index contributed by atoms with van der Waals surface area (Å²) in [6.07, 6.45) is -4.55. The molecule has 0 heterocycles. The van der Waals surface area contributed by atoms with E-state index in [1.807, 2.05) is 0 Å². The highest BCUT2D eigenvalue weighted by Crippen LogP contribution is 2.30. The van der Waals surface area contributed by atoms with Gasteiger partial charge in [-0.3, -0.25) is 4.79 Å². The number of hydrogen-bond acceptors (Lipinski definition) is 5. The van der Waals surface area contributed by atoms with Crippen molar-refractivity contribution in [3.05, 3.63) is 47.5 Å². The van der Waals surface area contributed by atoms with Crippen molar-refractivity contribution in [3.8, 4) is 11.5 Å². The molecule has 0 saturated heterocycles. The molecular weight excluding hydrogens is 449 g/mol. The summed E-state index contributed by atoms with van der Waals surface area (Å²) in [7, 11) is -2.74. The summed E-state index contributed by atoms with van der Waals surface area (Å²) in [6.45, 7) is 5.12. The predicted molar refractivity (Wildman–Crippen MR) is 114 cm³/mol. The number of carbonyl (C=O) groups is 1. The zero-order chi connectivity index (χ0) is 24.3. The normalized spacial score (nSPS) is 12.4. The third-order valence-electron chi connectivity index (χ3n) is 3.93. The number of aryl methyl sites for hydroxylation is 1. The Morgan fingerprint density at radius 2 is 1.69 bits per heavy atom. The number of ether oxygens (including phenoxy) is 2. The van der Waals surface area contributed by atoms with Gasteiger partial charge in [0.25, 0.3) is 5.91 Å². The van der Waals surface area contributed by atoms with Gasteiger partial charge in [0, 0.05) is 11.1 Å². The van der Waals surface area contributed by atoms with Gasteiger partial charge in [-0.1, -0.05) is 6.07 Å². The van der Waals surface area contributed by atoms with Crippen LogP contribution < -0.4 is 19.5 Å². The second kappa shape index (κ2) is 9.37. The molecule has 0 unspecified atom stereocenters. The van der Waals surface area contributed by atoms with Crippen molar-refractivity contribution < 1.29 is 35.9 Å². The number of hydrogen-bond donors (Lipinski definition) is 2. The highest BCUT2D eigenvalue weighted by Gasteiger charge is 2.29. The molecule has 176 valence electrons. The zero-order valence-electron chi connectivity index (χ0n) is 18.3. The molecule has 2 aromatic carbocycles. The fourth-order valence-corrected chi connectivity index (χ4v) is 4.31. The maximum absolute atomic E-state index is 12.8. The Kier molecular flexibility index (Phi) is 7.46. The number of halogens is 3. The Balaban J connectivity index is 2.37.